The minimum absolute atomic E-state index is 0.688. The van der Waals surface area contributed by atoms with E-state index in [2.05, 4.69) is 218 Å². The van der Waals surface area contributed by atoms with E-state index in [1.54, 1.807) is 0 Å². The van der Waals surface area contributed by atoms with Crippen molar-refractivity contribution in [1.82, 2.24) is 9.97 Å². The summed E-state index contributed by atoms with van der Waals surface area (Å²) in [7, 11) is 0. The average Bonchev–Trinajstić information content (AvgIpc) is 3.95. The van der Waals surface area contributed by atoms with E-state index in [9.17, 15) is 0 Å². The number of fused-ring (bicyclic) bond motifs is 8. The van der Waals surface area contributed by atoms with E-state index in [-0.39, 0.29) is 0 Å². The fourth-order valence-electron chi connectivity index (χ4n) is 9.84. The Balaban J connectivity index is 1.17. The normalized spacial score (nSPS) is 11.8. The second kappa shape index (κ2) is 15.0. The lowest BCUT2D eigenvalue weighted by Crippen LogP contribution is -2.00. The zero-order chi connectivity index (χ0) is 42.1. The first-order valence-corrected chi connectivity index (χ1v) is 23.3. The van der Waals surface area contributed by atoms with Crippen LogP contribution >= 0.6 is 22.7 Å². The van der Waals surface area contributed by atoms with Crippen molar-refractivity contribution in [1.29, 1.82) is 0 Å². The van der Waals surface area contributed by atoms with Gasteiger partial charge in [0.2, 0.25) is 0 Å². The van der Waals surface area contributed by atoms with E-state index >= 15 is 0 Å². The molecule has 0 saturated heterocycles. The number of aromatic nitrogens is 2. The van der Waals surface area contributed by atoms with Gasteiger partial charge in [-0.3, -0.25) is 0 Å². The lowest BCUT2D eigenvalue weighted by molar-refractivity contribution is 1.19. The summed E-state index contributed by atoms with van der Waals surface area (Å²) >= 11 is 3.67. The summed E-state index contributed by atoms with van der Waals surface area (Å²) in [5.41, 5.74) is 11.9. The minimum Gasteiger partial charge on any atom is -0.228 e. The highest BCUT2D eigenvalue weighted by Crippen LogP contribution is 2.49. The maximum Gasteiger partial charge on any atom is 0.161 e. The molecule has 0 saturated carbocycles. The van der Waals surface area contributed by atoms with Crippen molar-refractivity contribution in [3.63, 3.8) is 0 Å². The zero-order valence-corrected chi connectivity index (χ0v) is 36.1. The van der Waals surface area contributed by atoms with Gasteiger partial charge in [-0.15, -0.1) is 22.7 Å². The molecule has 3 heterocycles. The van der Waals surface area contributed by atoms with Crippen LogP contribution in [0.2, 0.25) is 0 Å². The van der Waals surface area contributed by atoms with Gasteiger partial charge in [0.25, 0.3) is 0 Å². The van der Waals surface area contributed by atoms with Crippen molar-refractivity contribution in [2.75, 3.05) is 0 Å². The predicted molar refractivity (Wildman–Crippen MR) is 275 cm³/mol. The highest BCUT2D eigenvalue weighted by atomic mass is 32.1. The van der Waals surface area contributed by atoms with Crippen molar-refractivity contribution in [3.05, 3.63) is 218 Å². The number of benzene rings is 10. The average molecular weight is 849 g/mol. The Morgan fingerprint density at radius 3 is 1.33 bits per heavy atom. The van der Waals surface area contributed by atoms with Crippen molar-refractivity contribution in [3.8, 4) is 67.3 Å². The van der Waals surface area contributed by atoms with E-state index < -0.39 is 0 Å². The van der Waals surface area contributed by atoms with E-state index in [1.165, 1.54) is 67.5 Å². The molecule has 13 rings (SSSR count). The second-order valence-corrected chi connectivity index (χ2v) is 18.5. The molecular weight excluding hydrogens is 813 g/mol. The molecule has 3 aromatic heterocycles. The van der Waals surface area contributed by atoms with Gasteiger partial charge in [0.05, 0.1) is 11.4 Å². The van der Waals surface area contributed by atoms with Gasteiger partial charge in [-0.05, 0) is 73.6 Å². The largest absolute Gasteiger partial charge is 0.228 e. The molecule has 2 nitrogen and oxygen atoms in total. The van der Waals surface area contributed by atoms with Crippen LogP contribution in [0.3, 0.4) is 0 Å². The first kappa shape index (κ1) is 36.9. The molecule has 0 bridgehead atoms. The SMILES string of the molecule is c1ccc(-c2c(-c3cccc4ccccc34)ccc(-c3nc(-c4cccc5c4sc4ccccc45)cc(-c4cccc5c4sc4ccccc45)n3)c2-c2cccc3ccccc23)cc1. The maximum atomic E-state index is 5.69. The van der Waals surface area contributed by atoms with Gasteiger partial charge in [0.15, 0.2) is 5.82 Å². The van der Waals surface area contributed by atoms with Crippen LogP contribution in [-0.2, 0) is 0 Å². The van der Waals surface area contributed by atoms with Gasteiger partial charge in [0.1, 0.15) is 0 Å². The minimum atomic E-state index is 0.688. The highest BCUT2D eigenvalue weighted by Gasteiger charge is 2.25. The Morgan fingerprint density at radius 1 is 0.281 bits per heavy atom. The van der Waals surface area contributed by atoms with Gasteiger partial charge in [0, 0.05) is 62.6 Å². The first-order valence-electron chi connectivity index (χ1n) is 21.6. The van der Waals surface area contributed by atoms with E-state index in [4.69, 9.17) is 9.97 Å². The maximum absolute atomic E-state index is 5.69. The monoisotopic (exact) mass is 848 g/mol. The smallest absolute Gasteiger partial charge is 0.161 e. The van der Waals surface area contributed by atoms with Gasteiger partial charge in [-0.1, -0.05) is 194 Å². The second-order valence-electron chi connectivity index (χ2n) is 16.4. The third-order valence-corrected chi connectivity index (χ3v) is 15.2. The molecule has 0 aliphatic carbocycles. The molecule has 0 unspecified atom stereocenters. The highest BCUT2D eigenvalue weighted by molar-refractivity contribution is 7.26. The number of hydrogen-bond acceptors (Lipinski definition) is 4. The number of hydrogen-bond donors (Lipinski definition) is 0. The molecule has 0 radical (unpaired) electrons. The molecule has 64 heavy (non-hydrogen) atoms. The number of rotatable bonds is 6. The molecule has 0 N–H and O–H groups in total. The molecule has 10 aromatic carbocycles. The summed E-state index contributed by atoms with van der Waals surface area (Å²) in [4.78, 5) is 11.4. The summed E-state index contributed by atoms with van der Waals surface area (Å²) in [5, 5.41) is 9.81. The Bertz CT molecular complexity index is 3830. The fourth-order valence-corrected chi connectivity index (χ4v) is 12.3. The first-order chi connectivity index (χ1) is 31.7. The van der Waals surface area contributed by atoms with Crippen LogP contribution in [0.15, 0.2) is 218 Å². The summed E-state index contributed by atoms with van der Waals surface area (Å²) in [6.07, 6.45) is 0. The van der Waals surface area contributed by atoms with Crippen LogP contribution in [-0.4, -0.2) is 9.97 Å². The van der Waals surface area contributed by atoms with Crippen molar-refractivity contribution >= 4 is 84.6 Å². The molecule has 0 aliphatic rings. The third kappa shape index (κ3) is 5.91. The van der Waals surface area contributed by atoms with Gasteiger partial charge < -0.3 is 0 Å². The van der Waals surface area contributed by atoms with Crippen LogP contribution in [0.4, 0.5) is 0 Å². The molecule has 298 valence electrons. The Hall–Kier alpha value is -7.76. The molecule has 13 aromatic rings. The van der Waals surface area contributed by atoms with Crippen molar-refractivity contribution in [2.24, 2.45) is 0 Å². The summed E-state index contributed by atoms with van der Waals surface area (Å²) in [6, 6.07) is 79.2. The Morgan fingerprint density at radius 2 is 0.719 bits per heavy atom. The molecule has 0 aliphatic heterocycles. The van der Waals surface area contributed by atoms with E-state index in [1.807, 2.05) is 22.7 Å². The summed E-state index contributed by atoms with van der Waals surface area (Å²) in [6.45, 7) is 0. The number of nitrogens with zero attached hydrogens (tertiary/aromatic N) is 2. The molecule has 0 amide bonds. The summed E-state index contributed by atoms with van der Waals surface area (Å²) in [5.74, 6) is 0.688. The lowest BCUT2D eigenvalue weighted by Gasteiger charge is -2.22. The van der Waals surface area contributed by atoms with Gasteiger partial charge in [-0.2, -0.15) is 0 Å². The topological polar surface area (TPSA) is 25.8 Å². The van der Waals surface area contributed by atoms with E-state index in [0.717, 1.165) is 55.9 Å². The van der Waals surface area contributed by atoms with Crippen LogP contribution < -0.4 is 0 Å². The van der Waals surface area contributed by atoms with Crippen LogP contribution in [0, 0.1) is 0 Å². The van der Waals surface area contributed by atoms with E-state index in [0.29, 0.717) is 5.82 Å². The Labute approximate surface area is 378 Å². The van der Waals surface area contributed by atoms with Crippen LogP contribution in [0.5, 0.6) is 0 Å². The van der Waals surface area contributed by atoms with Crippen molar-refractivity contribution < 1.29 is 0 Å². The quantitative estimate of drug-likeness (QED) is 0.167. The molecular formula is C60H36N2S2. The molecule has 0 spiro atoms. The van der Waals surface area contributed by atoms with Crippen LogP contribution in [0.25, 0.3) is 129 Å². The van der Waals surface area contributed by atoms with Crippen molar-refractivity contribution in [2.45, 2.75) is 0 Å². The Kier molecular flexibility index (Phi) is 8.61. The third-order valence-electron chi connectivity index (χ3n) is 12.7. The van der Waals surface area contributed by atoms with Gasteiger partial charge >= 0.3 is 0 Å². The molecule has 4 heteroatoms. The summed E-state index contributed by atoms with van der Waals surface area (Å²) < 4.78 is 4.99. The molecule has 0 atom stereocenters. The van der Waals surface area contributed by atoms with Gasteiger partial charge in [-0.25, -0.2) is 9.97 Å². The zero-order valence-electron chi connectivity index (χ0n) is 34.5. The van der Waals surface area contributed by atoms with Crippen LogP contribution in [0.1, 0.15) is 0 Å². The number of thiophene rings is 2. The lowest BCUT2D eigenvalue weighted by atomic mass is 9.82. The fraction of sp³-hybridized carbons (Fsp3) is 0. The predicted octanol–water partition coefficient (Wildman–Crippen LogP) is 17.5. The standard InChI is InChI=1S/C60H36N2S2/c1-2-18-39(19-3-1)56-46(42-26-12-20-37-16-4-6-22-40(37)42)34-35-51(57(56)45-27-13-21-38-17-5-7-23-41(38)45)60-61-52(49-30-14-28-47-43-24-8-10-32-54(43)63-58(47)49)36-53(62-60)50-31-15-29-48-44-25-9-11-33-55(44)64-59(48)50/h1-36H. The molecule has 0 fully saturated rings.